The lowest BCUT2D eigenvalue weighted by Crippen LogP contribution is -2.34. The summed E-state index contributed by atoms with van der Waals surface area (Å²) in [7, 11) is 0. The first-order valence-corrected chi connectivity index (χ1v) is 6.44. The second kappa shape index (κ2) is 4.07. The molecule has 2 atom stereocenters. The number of ether oxygens (including phenoxy) is 1. The summed E-state index contributed by atoms with van der Waals surface area (Å²) < 4.78 is 11.0. The predicted molar refractivity (Wildman–Crippen MR) is 61.1 cm³/mol. The third kappa shape index (κ3) is 1.87. The number of hydrogen-bond donors (Lipinski definition) is 1. The molecule has 1 aliphatic heterocycles. The zero-order valence-electron chi connectivity index (χ0n) is 10.2. The normalized spacial score (nSPS) is 32.1. The summed E-state index contributed by atoms with van der Waals surface area (Å²) in [5, 5.41) is 4.06. The Balaban J connectivity index is 1.82. The fraction of sp³-hybridized carbons (Fsp3) is 0.833. The number of nitrogens with zero attached hydrogens (tertiary/aromatic N) is 2. The second-order valence-electron chi connectivity index (χ2n) is 5.38. The van der Waals surface area contributed by atoms with Crippen molar-refractivity contribution in [2.45, 2.75) is 50.7 Å². The average Bonchev–Trinajstić information content (AvgIpc) is 2.97. The highest BCUT2D eigenvalue weighted by molar-refractivity contribution is 5.07. The fourth-order valence-corrected chi connectivity index (χ4v) is 2.79. The molecule has 2 unspecified atom stereocenters. The number of nitrogens with two attached hydrogens (primary N) is 1. The van der Waals surface area contributed by atoms with Crippen LogP contribution >= 0.6 is 0 Å². The van der Waals surface area contributed by atoms with E-state index < -0.39 is 0 Å². The van der Waals surface area contributed by atoms with Gasteiger partial charge in [-0.15, -0.1) is 0 Å². The highest BCUT2D eigenvalue weighted by Gasteiger charge is 2.38. The molecule has 0 bridgehead atoms. The second-order valence-corrected chi connectivity index (χ2v) is 5.38. The molecule has 0 amide bonds. The van der Waals surface area contributed by atoms with Crippen LogP contribution in [-0.2, 0) is 10.3 Å². The van der Waals surface area contributed by atoms with E-state index >= 15 is 0 Å². The molecule has 5 nitrogen and oxygen atoms in total. The van der Waals surface area contributed by atoms with Crippen LogP contribution < -0.4 is 5.73 Å². The highest BCUT2D eigenvalue weighted by atomic mass is 16.5. The van der Waals surface area contributed by atoms with Crippen LogP contribution in [0.25, 0.3) is 0 Å². The van der Waals surface area contributed by atoms with Crippen LogP contribution in [0.2, 0.25) is 0 Å². The van der Waals surface area contributed by atoms with E-state index in [2.05, 4.69) is 17.1 Å². The van der Waals surface area contributed by atoms with Crippen molar-refractivity contribution in [2.24, 2.45) is 11.7 Å². The molecule has 0 aromatic carbocycles. The lowest BCUT2D eigenvalue weighted by molar-refractivity contribution is 0.0661. The average molecular weight is 237 g/mol. The molecule has 1 aromatic heterocycles. The van der Waals surface area contributed by atoms with Gasteiger partial charge in [-0.05, 0) is 25.2 Å². The minimum absolute atomic E-state index is 0.0405. The quantitative estimate of drug-likeness (QED) is 0.850. The van der Waals surface area contributed by atoms with Crippen LogP contribution in [-0.4, -0.2) is 16.7 Å². The maximum Gasteiger partial charge on any atom is 0.256 e. The molecule has 0 radical (unpaired) electrons. The lowest BCUT2D eigenvalue weighted by atomic mass is 9.98. The van der Waals surface area contributed by atoms with Crippen molar-refractivity contribution in [1.82, 2.24) is 10.1 Å². The maximum atomic E-state index is 6.30. The molecule has 5 heteroatoms. The summed E-state index contributed by atoms with van der Waals surface area (Å²) in [6.45, 7) is 2.92. The summed E-state index contributed by atoms with van der Waals surface area (Å²) in [6.07, 6.45) is 5.21. The Hall–Kier alpha value is -0.940. The van der Waals surface area contributed by atoms with E-state index in [-0.39, 0.29) is 11.6 Å². The standard InChI is InChI=1S/C12H19N3O2/c1-8-4-7-16-9(8)10-14-11(15-17-10)12(13)5-2-3-6-12/h8-9H,2-7,13H2,1H3. The van der Waals surface area contributed by atoms with Crippen molar-refractivity contribution in [3.8, 4) is 0 Å². The third-order valence-corrected chi connectivity index (χ3v) is 4.01. The van der Waals surface area contributed by atoms with Gasteiger partial charge < -0.3 is 15.0 Å². The van der Waals surface area contributed by atoms with E-state index in [1.54, 1.807) is 0 Å². The first-order chi connectivity index (χ1) is 8.19. The van der Waals surface area contributed by atoms with Crippen molar-refractivity contribution < 1.29 is 9.26 Å². The van der Waals surface area contributed by atoms with Crippen molar-refractivity contribution >= 4 is 0 Å². The molecule has 17 heavy (non-hydrogen) atoms. The molecule has 1 saturated carbocycles. The molecule has 1 aliphatic carbocycles. The molecule has 2 fully saturated rings. The van der Waals surface area contributed by atoms with Crippen LogP contribution in [0.3, 0.4) is 0 Å². The van der Waals surface area contributed by atoms with Crippen LogP contribution in [0, 0.1) is 5.92 Å². The van der Waals surface area contributed by atoms with Gasteiger partial charge in [0.1, 0.15) is 6.10 Å². The first kappa shape index (κ1) is 11.2. The van der Waals surface area contributed by atoms with E-state index in [0.717, 1.165) is 38.7 Å². The monoisotopic (exact) mass is 237 g/mol. The van der Waals surface area contributed by atoms with Gasteiger partial charge in [0.25, 0.3) is 5.89 Å². The van der Waals surface area contributed by atoms with E-state index in [4.69, 9.17) is 15.0 Å². The molecule has 0 spiro atoms. The molecule has 1 aromatic rings. The first-order valence-electron chi connectivity index (χ1n) is 6.44. The van der Waals surface area contributed by atoms with Gasteiger partial charge in [-0.25, -0.2) is 0 Å². The Labute approximate surface area is 101 Å². The highest BCUT2D eigenvalue weighted by Crippen LogP contribution is 2.37. The van der Waals surface area contributed by atoms with Crippen molar-refractivity contribution in [2.75, 3.05) is 6.61 Å². The smallest absolute Gasteiger partial charge is 0.256 e. The van der Waals surface area contributed by atoms with Gasteiger partial charge in [-0.3, -0.25) is 0 Å². The predicted octanol–water partition coefficient (Wildman–Crippen LogP) is 1.90. The SMILES string of the molecule is CC1CCOC1c1nc(C2(N)CCCC2)no1. The molecule has 1 saturated heterocycles. The van der Waals surface area contributed by atoms with E-state index in [1.165, 1.54) is 0 Å². The van der Waals surface area contributed by atoms with Crippen LogP contribution in [0.5, 0.6) is 0 Å². The fourth-order valence-electron chi connectivity index (χ4n) is 2.79. The van der Waals surface area contributed by atoms with Crippen LogP contribution in [0.4, 0.5) is 0 Å². The summed E-state index contributed by atoms with van der Waals surface area (Å²) >= 11 is 0. The number of aromatic nitrogens is 2. The van der Waals surface area contributed by atoms with Gasteiger partial charge in [0.05, 0.1) is 5.54 Å². The van der Waals surface area contributed by atoms with E-state index in [0.29, 0.717) is 17.6 Å². The third-order valence-electron chi connectivity index (χ3n) is 4.01. The van der Waals surface area contributed by atoms with E-state index in [1.807, 2.05) is 0 Å². The van der Waals surface area contributed by atoms with Crippen molar-refractivity contribution in [3.05, 3.63) is 11.7 Å². The minimum atomic E-state index is -0.371. The topological polar surface area (TPSA) is 74.2 Å². The van der Waals surface area contributed by atoms with Gasteiger partial charge in [-0.2, -0.15) is 4.98 Å². The number of hydrogen-bond acceptors (Lipinski definition) is 5. The van der Waals surface area contributed by atoms with Crippen LogP contribution in [0.1, 0.15) is 56.8 Å². The number of rotatable bonds is 2. The Morgan fingerprint density at radius 1 is 1.35 bits per heavy atom. The Bertz CT molecular complexity index is 398. The Kier molecular flexibility index (Phi) is 2.67. The van der Waals surface area contributed by atoms with Crippen molar-refractivity contribution in [1.29, 1.82) is 0 Å². The molecule has 2 heterocycles. The molecule has 94 valence electrons. The van der Waals surface area contributed by atoms with Gasteiger partial charge >= 0.3 is 0 Å². The van der Waals surface area contributed by atoms with Gasteiger partial charge in [-0.1, -0.05) is 24.9 Å². The minimum Gasteiger partial charge on any atom is -0.368 e. The van der Waals surface area contributed by atoms with Crippen molar-refractivity contribution in [3.63, 3.8) is 0 Å². The Morgan fingerprint density at radius 3 is 2.76 bits per heavy atom. The van der Waals surface area contributed by atoms with Gasteiger partial charge in [0.2, 0.25) is 0 Å². The Morgan fingerprint density at radius 2 is 2.12 bits per heavy atom. The maximum absolute atomic E-state index is 6.30. The van der Waals surface area contributed by atoms with E-state index in [9.17, 15) is 0 Å². The lowest BCUT2D eigenvalue weighted by Gasteiger charge is -2.17. The zero-order valence-corrected chi connectivity index (χ0v) is 10.2. The molecule has 2 N–H and O–H groups in total. The van der Waals surface area contributed by atoms with Crippen LogP contribution in [0.15, 0.2) is 4.52 Å². The molecule has 2 aliphatic rings. The van der Waals surface area contributed by atoms with Gasteiger partial charge in [0.15, 0.2) is 5.82 Å². The molecule has 3 rings (SSSR count). The summed E-state index contributed by atoms with van der Waals surface area (Å²) in [5.41, 5.74) is 5.93. The zero-order chi connectivity index (χ0) is 11.9. The summed E-state index contributed by atoms with van der Waals surface area (Å²) in [6, 6.07) is 0. The molecular weight excluding hydrogens is 218 g/mol. The summed E-state index contributed by atoms with van der Waals surface area (Å²) in [5.74, 6) is 1.70. The molecular formula is C12H19N3O2. The largest absolute Gasteiger partial charge is 0.368 e. The summed E-state index contributed by atoms with van der Waals surface area (Å²) in [4.78, 5) is 4.47. The van der Waals surface area contributed by atoms with Gasteiger partial charge in [0, 0.05) is 6.61 Å².